The van der Waals surface area contributed by atoms with Crippen molar-refractivity contribution >= 4 is 18.3 Å². The quantitative estimate of drug-likeness (QED) is 0.837. The van der Waals surface area contributed by atoms with Crippen molar-refractivity contribution in [2.75, 3.05) is 13.7 Å². The highest BCUT2D eigenvalue weighted by Gasteiger charge is 2.33. The first kappa shape index (κ1) is 17.0. The van der Waals surface area contributed by atoms with Crippen LogP contribution in [0, 0.1) is 0 Å². The molecule has 112 valence electrons. The number of halogens is 1. The Morgan fingerprint density at radius 3 is 2.55 bits per heavy atom. The van der Waals surface area contributed by atoms with Crippen LogP contribution in [0.2, 0.25) is 0 Å². The van der Waals surface area contributed by atoms with E-state index in [0.29, 0.717) is 25.6 Å². The second kappa shape index (κ2) is 8.25. The third kappa shape index (κ3) is 4.78. The molecule has 1 atom stereocenters. The van der Waals surface area contributed by atoms with Gasteiger partial charge in [-0.3, -0.25) is 4.79 Å². The van der Waals surface area contributed by atoms with Gasteiger partial charge < -0.3 is 15.4 Å². The molecule has 1 saturated carbocycles. The van der Waals surface area contributed by atoms with Crippen LogP contribution in [0.1, 0.15) is 24.8 Å². The number of ether oxygens (including phenoxy) is 1. The summed E-state index contributed by atoms with van der Waals surface area (Å²) in [5, 5.41) is 0. The zero-order valence-electron chi connectivity index (χ0n) is 11.8. The number of nitrogens with zero attached hydrogens (tertiary/aromatic N) is 1. The number of benzene rings is 1. The van der Waals surface area contributed by atoms with Gasteiger partial charge in [-0.2, -0.15) is 0 Å². The van der Waals surface area contributed by atoms with Gasteiger partial charge in [0.05, 0.1) is 12.5 Å². The normalized spacial score (nSPS) is 15.3. The van der Waals surface area contributed by atoms with E-state index in [4.69, 9.17) is 10.5 Å². The molecular weight excluding hydrogens is 276 g/mol. The van der Waals surface area contributed by atoms with Gasteiger partial charge in [-0.25, -0.2) is 0 Å². The van der Waals surface area contributed by atoms with Gasteiger partial charge in [-0.15, -0.1) is 12.4 Å². The Hall–Kier alpha value is -1.10. The van der Waals surface area contributed by atoms with E-state index in [1.54, 1.807) is 7.11 Å². The highest BCUT2D eigenvalue weighted by atomic mass is 35.5. The highest BCUT2D eigenvalue weighted by molar-refractivity contribution is 5.85. The summed E-state index contributed by atoms with van der Waals surface area (Å²) in [7, 11) is 1.60. The van der Waals surface area contributed by atoms with Gasteiger partial charge in [0.15, 0.2) is 0 Å². The Morgan fingerprint density at radius 1 is 1.40 bits per heavy atom. The summed E-state index contributed by atoms with van der Waals surface area (Å²) in [6.07, 6.45) is 2.41. The summed E-state index contributed by atoms with van der Waals surface area (Å²) in [5.41, 5.74) is 6.75. The van der Waals surface area contributed by atoms with Crippen molar-refractivity contribution in [2.24, 2.45) is 5.73 Å². The van der Waals surface area contributed by atoms with Crippen LogP contribution in [0.15, 0.2) is 30.3 Å². The topological polar surface area (TPSA) is 55.6 Å². The molecule has 1 fully saturated rings. The van der Waals surface area contributed by atoms with Crippen LogP contribution in [0.25, 0.3) is 0 Å². The molecule has 2 rings (SSSR count). The van der Waals surface area contributed by atoms with E-state index in [0.717, 1.165) is 12.8 Å². The molecule has 0 saturated heterocycles. The summed E-state index contributed by atoms with van der Waals surface area (Å²) in [6, 6.07) is 10.5. The fourth-order valence-electron chi connectivity index (χ4n) is 2.16. The minimum absolute atomic E-state index is 0. The highest BCUT2D eigenvalue weighted by Crippen LogP contribution is 2.29. The van der Waals surface area contributed by atoms with Crippen LogP contribution in [-0.2, 0) is 16.1 Å². The summed E-state index contributed by atoms with van der Waals surface area (Å²) in [4.78, 5) is 14.3. The maximum Gasteiger partial charge on any atom is 0.225 e. The van der Waals surface area contributed by atoms with Gasteiger partial charge in [0.1, 0.15) is 0 Å². The zero-order chi connectivity index (χ0) is 13.7. The number of hydrogen-bond acceptors (Lipinski definition) is 3. The first-order valence-corrected chi connectivity index (χ1v) is 6.81. The summed E-state index contributed by atoms with van der Waals surface area (Å²) < 4.78 is 5.20. The van der Waals surface area contributed by atoms with Gasteiger partial charge in [0.2, 0.25) is 5.91 Å². The Kier molecular flexibility index (Phi) is 6.99. The lowest BCUT2D eigenvalue weighted by Crippen LogP contribution is -2.37. The average Bonchev–Trinajstić information content (AvgIpc) is 3.27. The lowest BCUT2D eigenvalue weighted by Gasteiger charge is -2.24. The van der Waals surface area contributed by atoms with Crippen molar-refractivity contribution in [1.29, 1.82) is 0 Å². The molecule has 5 heteroatoms. The van der Waals surface area contributed by atoms with Gasteiger partial charge >= 0.3 is 0 Å². The Balaban J connectivity index is 0.00000200. The third-order valence-corrected chi connectivity index (χ3v) is 3.50. The van der Waals surface area contributed by atoms with Crippen molar-refractivity contribution in [2.45, 2.75) is 38.0 Å². The molecule has 0 aromatic heterocycles. The fraction of sp³-hybridized carbons (Fsp3) is 0.533. The van der Waals surface area contributed by atoms with E-state index < -0.39 is 0 Å². The second-order valence-corrected chi connectivity index (χ2v) is 5.04. The predicted octanol–water partition coefficient (Wildman–Crippen LogP) is 1.96. The Labute approximate surface area is 126 Å². The number of hydrogen-bond donors (Lipinski definition) is 1. The molecule has 0 spiro atoms. The van der Waals surface area contributed by atoms with Crippen molar-refractivity contribution in [3.05, 3.63) is 35.9 Å². The molecule has 0 radical (unpaired) electrons. The molecule has 1 unspecified atom stereocenters. The largest absolute Gasteiger partial charge is 0.380 e. The Morgan fingerprint density at radius 2 is 2.05 bits per heavy atom. The molecule has 0 aliphatic heterocycles. The van der Waals surface area contributed by atoms with E-state index in [1.165, 1.54) is 5.56 Å². The van der Waals surface area contributed by atoms with Crippen LogP contribution >= 0.6 is 12.4 Å². The SMILES string of the molecule is COC(CN)CC(=O)N(Cc1ccccc1)C1CC1.Cl. The number of rotatable bonds is 7. The first-order valence-electron chi connectivity index (χ1n) is 6.81. The molecule has 1 aromatic rings. The monoisotopic (exact) mass is 298 g/mol. The number of methoxy groups -OCH3 is 1. The molecule has 0 heterocycles. The first-order chi connectivity index (χ1) is 9.24. The van der Waals surface area contributed by atoms with Crippen LogP contribution in [0.4, 0.5) is 0 Å². The van der Waals surface area contributed by atoms with Crippen molar-refractivity contribution in [3.63, 3.8) is 0 Å². The van der Waals surface area contributed by atoms with E-state index in [-0.39, 0.29) is 24.4 Å². The smallest absolute Gasteiger partial charge is 0.225 e. The van der Waals surface area contributed by atoms with E-state index in [9.17, 15) is 4.79 Å². The van der Waals surface area contributed by atoms with Crippen LogP contribution in [-0.4, -0.2) is 36.6 Å². The van der Waals surface area contributed by atoms with Crippen LogP contribution in [0.3, 0.4) is 0 Å². The van der Waals surface area contributed by atoms with Gasteiger partial charge in [0, 0.05) is 26.2 Å². The van der Waals surface area contributed by atoms with Crippen LogP contribution < -0.4 is 5.73 Å². The zero-order valence-corrected chi connectivity index (χ0v) is 12.6. The van der Waals surface area contributed by atoms with Crippen molar-refractivity contribution < 1.29 is 9.53 Å². The van der Waals surface area contributed by atoms with Crippen molar-refractivity contribution in [1.82, 2.24) is 4.90 Å². The van der Waals surface area contributed by atoms with E-state index in [1.807, 2.05) is 23.1 Å². The molecule has 1 aromatic carbocycles. The minimum atomic E-state index is -0.176. The molecule has 20 heavy (non-hydrogen) atoms. The molecule has 4 nitrogen and oxygen atoms in total. The summed E-state index contributed by atoms with van der Waals surface area (Å²) in [6.45, 7) is 1.07. The molecule has 1 aliphatic rings. The average molecular weight is 299 g/mol. The van der Waals surface area contributed by atoms with E-state index >= 15 is 0 Å². The second-order valence-electron chi connectivity index (χ2n) is 5.04. The summed E-state index contributed by atoms with van der Waals surface area (Å²) >= 11 is 0. The standard InChI is InChI=1S/C15H22N2O2.ClH/c1-19-14(10-16)9-15(18)17(13-7-8-13)11-12-5-3-2-4-6-12;/h2-6,13-14H,7-11,16H2,1H3;1H. The van der Waals surface area contributed by atoms with Gasteiger partial charge in [0.25, 0.3) is 0 Å². The predicted molar refractivity (Wildman–Crippen MR) is 81.7 cm³/mol. The van der Waals surface area contributed by atoms with Gasteiger partial charge in [-0.05, 0) is 18.4 Å². The molecule has 1 aliphatic carbocycles. The van der Waals surface area contributed by atoms with E-state index in [2.05, 4.69) is 12.1 Å². The van der Waals surface area contributed by atoms with Gasteiger partial charge in [-0.1, -0.05) is 30.3 Å². The molecule has 2 N–H and O–H groups in total. The minimum Gasteiger partial charge on any atom is -0.380 e. The third-order valence-electron chi connectivity index (χ3n) is 3.50. The number of carbonyl (C=O) groups is 1. The maximum atomic E-state index is 12.3. The van der Waals surface area contributed by atoms with Crippen LogP contribution in [0.5, 0.6) is 0 Å². The summed E-state index contributed by atoms with van der Waals surface area (Å²) in [5.74, 6) is 0.142. The fourth-order valence-corrected chi connectivity index (χ4v) is 2.16. The molecule has 1 amide bonds. The number of nitrogens with two attached hydrogens (primary N) is 1. The lowest BCUT2D eigenvalue weighted by atomic mass is 10.1. The number of amides is 1. The molecular formula is C15H23ClN2O2. The molecule has 0 bridgehead atoms. The van der Waals surface area contributed by atoms with Crippen molar-refractivity contribution in [3.8, 4) is 0 Å². The number of carbonyl (C=O) groups excluding carboxylic acids is 1. The maximum absolute atomic E-state index is 12.3. The lowest BCUT2D eigenvalue weighted by molar-refractivity contribution is -0.134. The Bertz CT molecular complexity index is 406.